The predicted molar refractivity (Wildman–Crippen MR) is 97.0 cm³/mol. The third-order valence-electron chi connectivity index (χ3n) is 4.70. The molecule has 0 saturated carbocycles. The maximum atomic E-state index is 12.7. The first kappa shape index (κ1) is 17.5. The number of nitrogens with zero attached hydrogens (tertiary/aromatic N) is 4. The molecule has 0 unspecified atom stereocenters. The Bertz CT molecular complexity index is 648. The number of aromatic nitrogens is 3. The van der Waals surface area contributed by atoms with E-state index in [0.29, 0.717) is 12.0 Å². The highest BCUT2D eigenvalue weighted by molar-refractivity contribution is 5.74. The monoisotopic (exact) mass is 341 g/mol. The van der Waals surface area contributed by atoms with Gasteiger partial charge in [-0.1, -0.05) is 19.9 Å². The lowest BCUT2D eigenvalue weighted by atomic mass is 10.0. The molecule has 3 heterocycles. The summed E-state index contributed by atoms with van der Waals surface area (Å²) in [6.45, 7) is 5.84. The first-order valence-electron chi connectivity index (χ1n) is 9.09. The molecule has 6 nitrogen and oxygen atoms in total. The van der Waals surface area contributed by atoms with Gasteiger partial charge in [-0.25, -0.2) is 4.79 Å². The maximum Gasteiger partial charge on any atom is 0.317 e. The highest BCUT2D eigenvalue weighted by Crippen LogP contribution is 2.23. The first-order chi connectivity index (χ1) is 12.1. The molecule has 0 spiro atoms. The van der Waals surface area contributed by atoms with Crippen molar-refractivity contribution in [2.45, 2.75) is 45.2 Å². The number of likely N-dealkylation sites (tertiary alicyclic amines) is 1. The van der Waals surface area contributed by atoms with Gasteiger partial charge in [-0.3, -0.25) is 9.67 Å². The molecular weight excluding hydrogens is 314 g/mol. The van der Waals surface area contributed by atoms with Gasteiger partial charge < -0.3 is 10.2 Å². The molecule has 0 radical (unpaired) electrons. The van der Waals surface area contributed by atoms with E-state index in [-0.39, 0.29) is 12.1 Å². The molecule has 0 aromatic carbocycles. The number of carbonyl (C=O) groups excluding carboxylic acids is 1. The minimum absolute atomic E-state index is 0.00946. The van der Waals surface area contributed by atoms with E-state index in [2.05, 4.69) is 29.2 Å². The van der Waals surface area contributed by atoms with Crippen molar-refractivity contribution < 1.29 is 4.79 Å². The van der Waals surface area contributed by atoms with Gasteiger partial charge in [0.05, 0.1) is 17.8 Å². The molecule has 1 saturated heterocycles. The lowest BCUT2D eigenvalue weighted by molar-refractivity contribution is 0.164. The molecule has 1 N–H and O–H groups in total. The molecule has 25 heavy (non-hydrogen) atoms. The van der Waals surface area contributed by atoms with Gasteiger partial charge in [-0.15, -0.1) is 0 Å². The van der Waals surface area contributed by atoms with Crippen LogP contribution < -0.4 is 5.32 Å². The van der Waals surface area contributed by atoms with Crippen LogP contribution in [0, 0.1) is 5.92 Å². The van der Waals surface area contributed by atoms with Crippen molar-refractivity contribution in [3.63, 3.8) is 0 Å². The first-order valence-corrected chi connectivity index (χ1v) is 9.09. The van der Waals surface area contributed by atoms with Gasteiger partial charge in [0.15, 0.2) is 0 Å². The van der Waals surface area contributed by atoms with E-state index in [0.717, 1.165) is 38.0 Å². The summed E-state index contributed by atoms with van der Waals surface area (Å²) < 4.78 is 2.00. The second kappa shape index (κ2) is 8.14. The fourth-order valence-electron chi connectivity index (χ4n) is 3.38. The Hall–Kier alpha value is -2.37. The van der Waals surface area contributed by atoms with Crippen LogP contribution in [0.25, 0.3) is 0 Å². The van der Waals surface area contributed by atoms with Crippen molar-refractivity contribution >= 4 is 6.03 Å². The van der Waals surface area contributed by atoms with Gasteiger partial charge in [0.25, 0.3) is 0 Å². The predicted octanol–water partition coefficient (Wildman–Crippen LogP) is 3.41. The Kier molecular flexibility index (Phi) is 5.68. The van der Waals surface area contributed by atoms with E-state index < -0.39 is 0 Å². The Labute approximate surface area is 149 Å². The summed E-state index contributed by atoms with van der Waals surface area (Å²) in [5.41, 5.74) is 0.927. The second-order valence-electron chi connectivity index (χ2n) is 7.09. The van der Waals surface area contributed by atoms with E-state index in [4.69, 9.17) is 0 Å². The number of urea groups is 1. The van der Waals surface area contributed by atoms with Crippen molar-refractivity contribution in [1.29, 1.82) is 0 Å². The van der Waals surface area contributed by atoms with E-state index in [1.165, 1.54) is 0 Å². The molecular formula is C19H27N5O. The summed E-state index contributed by atoms with van der Waals surface area (Å²) in [5, 5.41) is 7.51. The quantitative estimate of drug-likeness (QED) is 0.906. The molecule has 1 atom stereocenters. The van der Waals surface area contributed by atoms with E-state index in [1.54, 1.807) is 6.20 Å². The van der Waals surface area contributed by atoms with Crippen LogP contribution >= 0.6 is 0 Å². The van der Waals surface area contributed by atoms with E-state index >= 15 is 0 Å². The third-order valence-corrected chi connectivity index (χ3v) is 4.70. The zero-order valence-electron chi connectivity index (χ0n) is 15.0. The van der Waals surface area contributed by atoms with Gasteiger partial charge in [-0.2, -0.15) is 5.10 Å². The highest BCUT2D eigenvalue weighted by atomic mass is 16.2. The Morgan fingerprint density at radius 1 is 1.24 bits per heavy atom. The minimum Gasteiger partial charge on any atom is -0.330 e. The topological polar surface area (TPSA) is 63.1 Å². The summed E-state index contributed by atoms with van der Waals surface area (Å²) in [4.78, 5) is 19.1. The van der Waals surface area contributed by atoms with Crippen LogP contribution in [0.5, 0.6) is 0 Å². The van der Waals surface area contributed by atoms with Crippen molar-refractivity contribution in [2.24, 2.45) is 5.92 Å². The Morgan fingerprint density at radius 2 is 2.04 bits per heavy atom. The van der Waals surface area contributed by atoms with Gasteiger partial charge in [0, 0.05) is 31.7 Å². The molecule has 6 heteroatoms. The van der Waals surface area contributed by atoms with Crippen LogP contribution in [0.4, 0.5) is 4.79 Å². The van der Waals surface area contributed by atoms with Gasteiger partial charge >= 0.3 is 6.03 Å². The van der Waals surface area contributed by atoms with Gasteiger partial charge in [0.2, 0.25) is 0 Å². The van der Waals surface area contributed by atoms with Gasteiger partial charge in [0.1, 0.15) is 0 Å². The molecule has 1 fully saturated rings. The number of piperidine rings is 1. The van der Waals surface area contributed by atoms with Crippen molar-refractivity contribution in [3.05, 3.63) is 48.5 Å². The Morgan fingerprint density at radius 3 is 2.64 bits per heavy atom. The molecule has 1 aliphatic heterocycles. The van der Waals surface area contributed by atoms with Crippen LogP contribution in [-0.4, -0.2) is 38.8 Å². The second-order valence-corrected chi connectivity index (χ2v) is 7.09. The summed E-state index contributed by atoms with van der Waals surface area (Å²) >= 11 is 0. The van der Waals surface area contributed by atoms with Crippen LogP contribution in [0.1, 0.15) is 50.9 Å². The molecule has 0 aliphatic carbocycles. The zero-order chi connectivity index (χ0) is 17.6. The molecule has 1 aliphatic rings. The normalized spacial score (nSPS) is 16.8. The number of nitrogens with one attached hydrogen (secondary N) is 1. The number of hydrogen-bond donors (Lipinski definition) is 1. The van der Waals surface area contributed by atoms with Crippen molar-refractivity contribution in [2.75, 3.05) is 13.1 Å². The van der Waals surface area contributed by atoms with E-state index in [1.807, 2.05) is 46.2 Å². The molecule has 0 bridgehead atoms. The number of amides is 2. The average molecular weight is 341 g/mol. The summed E-state index contributed by atoms with van der Waals surface area (Å²) in [6, 6.07) is 8.16. The molecule has 2 amide bonds. The number of hydrogen-bond acceptors (Lipinski definition) is 3. The minimum atomic E-state index is -0.0439. The molecule has 2 aromatic rings. The third kappa shape index (κ3) is 4.59. The zero-order valence-corrected chi connectivity index (χ0v) is 15.0. The fraction of sp³-hybridized carbons (Fsp3) is 0.526. The molecule has 2 aromatic heterocycles. The molecule has 3 rings (SSSR count). The van der Waals surface area contributed by atoms with Gasteiger partial charge in [-0.05, 0) is 43.4 Å². The number of pyridine rings is 1. The van der Waals surface area contributed by atoms with Crippen LogP contribution in [0.3, 0.4) is 0 Å². The smallest absolute Gasteiger partial charge is 0.317 e. The lowest BCUT2D eigenvalue weighted by Crippen LogP contribution is -2.46. The summed E-state index contributed by atoms with van der Waals surface area (Å²) in [7, 11) is 0. The summed E-state index contributed by atoms with van der Waals surface area (Å²) in [6.07, 6.45) is 8.35. The Balaban J connectivity index is 1.58. The van der Waals surface area contributed by atoms with Crippen LogP contribution in [0.2, 0.25) is 0 Å². The summed E-state index contributed by atoms with van der Waals surface area (Å²) in [5.74, 6) is 0.484. The lowest BCUT2D eigenvalue weighted by Gasteiger charge is -2.33. The van der Waals surface area contributed by atoms with E-state index in [9.17, 15) is 4.79 Å². The van der Waals surface area contributed by atoms with Crippen LogP contribution in [0.15, 0.2) is 42.9 Å². The highest BCUT2D eigenvalue weighted by Gasteiger charge is 2.26. The maximum absolute atomic E-state index is 12.7. The van der Waals surface area contributed by atoms with Crippen molar-refractivity contribution in [3.8, 4) is 0 Å². The van der Waals surface area contributed by atoms with Crippen molar-refractivity contribution in [1.82, 2.24) is 25.0 Å². The fourth-order valence-corrected chi connectivity index (χ4v) is 3.38. The molecule has 134 valence electrons. The standard InChI is InChI=1S/C19H27N5O/c1-15(2)14-18(17-6-3-4-9-20-17)22-19(25)23-12-7-16(8-13-23)24-11-5-10-21-24/h3-6,9-11,15-16,18H,7-8,12-14H2,1-2H3,(H,22,25)/t18-/m0/s1. The number of carbonyl (C=O) groups is 1. The largest absolute Gasteiger partial charge is 0.330 e. The average Bonchev–Trinajstić information content (AvgIpc) is 3.16. The number of rotatable bonds is 5. The SMILES string of the molecule is CC(C)C[C@H](NC(=O)N1CCC(n2cccn2)CC1)c1ccccn1. The van der Waals surface area contributed by atoms with Crippen LogP contribution in [-0.2, 0) is 0 Å².